The Kier molecular flexibility index (Phi) is 5.07. The Morgan fingerprint density at radius 1 is 1.17 bits per heavy atom. The van der Waals surface area contributed by atoms with Crippen LogP contribution in [0.1, 0.15) is 25.0 Å². The third-order valence-corrected chi connectivity index (χ3v) is 5.91. The van der Waals surface area contributed by atoms with Crippen LogP contribution in [0.25, 0.3) is 16.0 Å². The van der Waals surface area contributed by atoms with Crippen molar-refractivity contribution in [1.29, 1.82) is 0 Å². The summed E-state index contributed by atoms with van der Waals surface area (Å²) in [6.07, 6.45) is 0. The lowest BCUT2D eigenvalue weighted by Crippen LogP contribution is -2.29. The molecule has 0 aliphatic heterocycles. The molecule has 0 unspecified atom stereocenters. The zero-order chi connectivity index (χ0) is 21.6. The van der Waals surface area contributed by atoms with Crippen molar-refractivity contribution in [2.24, 2.45) is 5.92 Å². The second kappa shape index (κ2) is 7.56. The predicted molar refractivity (Wildman–Crippen MR) is 118 cm³/mol. The minimum atomic E-state index is -0.443. The molecule has 1 aromatic carbocycles. The Labute approximate surface area is 176 Å². The molecule has 0 saturated carbocycles. The third-order valence-electron chi connectivity index (χ3n) is 5.02. The fraction of sp³-hybridized carbons (Fsp3) is 0.333. The van der Waals surface area contributed by atoms with E-state index in [1.807, 2.05) is 45.9 Å². The number of nitrogens with one attached hydrogen (secondary N) is 1. The molecule has 156 valence electrons. The van der Waals surface area contributed by atoms with E-state index < -0.39 is 5.69 Å². The number of aromatic nitrogens is 4. The summed E-state index contributed by atoms with van der Waals surface area (Å²) in [5.74, 6) is 0.0869. The van der Waals surface area contributed by atoms with Gasteiger partial charge in [-0.15, -0.1) is 16.4 Å². The summed E-state index contributed by atoms with van der Waals surface area (Å²) in [5, 5.41) is 8.93. The number of fused-ring (bicyclic) bond motifs is 3. The molecule has 0 aliphatic rings. The maximum atomic E-state index is 13.0. The lowest BCUT2D eigenvalue weighted by molar-refractivity contribution is -0.117. The quantitative estimate of drug-likeness (QED) is 0.532. The molecule has 1 N–H and O–H groups in total. The molecule has 0 radical (unpaired) electrons. The van der Waals surface area contributed by atoms with Gasteiger partial charge < -0.3 is 5.32 Å². The van der Waals surface area contributed by atoms with Gasteiger partial charge in [-0.25, -0.2) is 13.9 Å². The van der Waals surface area contributed by atoms with E-state index in [1.54, 1.807) is 11.4 Å². The number of aryl methyl sites for hydroxylation is 2. The van der Waals surface area contributed by atoms with Crippen molar-refractivity contribution in [3.63, 3.8) is 0 Å². The Bertz CT molecular complexity index is 1390. The largest absolute Gasteiger partial charge is 0.352 e. The number of nitrogens with zero attached hydrogens (tertiary/aromatic N) is 4. The minimum Gasteiger partial charge on any atom is -0.324 e. The second-order valence-electron chi connectivity index (χ2n) is 7.87. The van der Waals surface area contributed by atoms with Crippen LogP contribution in [0.15, 0.2) is 39.2 Å². The molecular formula is C21H23N5O3S. The number of carbonyl (C=O) groups excluding carboxylic acids is 1. The van der Waals surface area contributed by atoms with E-state index in [-0.39, 0.29) is 29.7 Å². The number of hydrogen-bond acceptors (Lipinski definition) is 5. The highest BCUT2D eigenvalue weighted by atomic mass is 32.1. The molecule has 3 heterocycles. The van der Waals surface area contributed by atoms with Crippen LogP contribution in [0.5, 0.6) is 0 Å². The Morgan fingerprint density at radius 3 is 2.63 bits per heavy atom. The van der Waals surface area contributed by atoms with E-state index in [2.05, 4.69) is 10.4 Å². The second-order valence-corrected chi connectivity index (χ2v) is 8.78. The zero-order valence-electron chi connectivity index (χ0n) is 17.3. The van der Waals surface area contributed by atoms with Gasteiger partial charge in [0, 0.05) is 12.2 Å². The molecule has 0 fully saturated rings. The van der Waals surface area contributed by atoms with Gasteiger partial charge in [-0.05, 0) is 54.5 Å². The number of thiophene rings is 1. The van der Waals surface area contributed by atoms with Gasteiger partial charge in [0.1, 0.15) is 11.2 Å². The molecule has 0 bridgehead atoms. The fourth-order valence-corrected chi connectivity index (χ4v) is 4.25. The van der Waals surface area contributed by atoms with Gasteiger partial charge in [-0.2, -0.15) is 0 Å². The summed E-state index contributed by atoms with van der Waals surface area (Å²) in [7, 11) is 0. The van der Waals surface area contributed by atoms with E-state index >= 15 is 0 Å². The van der Waals surface area contributed by atoms with Gasteiger partial charge in [0.25, 0.3) is 5.56 Å². The van der Waals surface area contributed by atoms with E-state index in [0.717, 1.165) is 15.8 Å². The van der Waals surface area contributed by atoms with Crippen molar-refractivity contribution in [3.05, 3.63) is 61.6 Å². The molecule has 0 aliphatic carbocycles. The summed E-state index contributed by atoms with van der Waals surface area (Å²) >= 11 is 1.30. The maximum Gasteiger partial charge on any atom is 0.352 e. The number of hydrogen-bond donors (Lipinski definition) is 1. The van der Waals surface area contributed by atoms with Crippen molar-refractivity contribution in [3.8, 4) is 0 Å². The van der Waals surface area contributed by atoms with Crippen LogP contribution < -0.4 is 16.6 Å². The molecule has 3 aromatic heterocycles. The molecule has 1 amide bonds. The number of anilines is 1. The SMILES string of the molecule is Cc1ccc(NC(=O)Cn2nc3n(CC(C)C)c(=O)c4sccc4n3c2=O)cc1C. The smallest absolute Gasteiger partial charge is 0.324 e. The van der Waals surface area contributed by atoms with Crippen LogP contribution >= 0.6 is 11.3 Å². The molecular weight excluding hydrogens is 402 g/mol. The van der Waals surface area contributed by atoms with Crippen LogP contribution in [0.2, 0.25) is 0 Å². The molecule has 4 rings (SSSR count). The van der Waals surface area contributed by atoms with E-state index in [4.69, 9.17) is 0 Å². The van der Waals surface area contributed by atoms with Gasteiger partial charge in [0.05, 0.1) is 5.52 Å². The highest BCUT2D eigenvalue weighted by Crippen LogP contribution is 2.18. The monoisotopic (exact) mass is 425 g/mol. The number of carbonyl (C=O) groups is 1. The average molecular weight is 426 g/mol. The third kappa shape index (κ3) is 3.45. The van der Waals surface area contributed by atoms with Gasteiger partial charge >= 0.3 is 5.69 Å². The van der Waals surface area contributed by atoms with Gasteiger partial charge in [0.15, 0.2) is 0 Å². The summed E-state index contributed by atoms with van der Waals surface area (Å²) in [4.78, 5) is 38.5. The van der Waals surface area contributed by atoms with Crippen LogP contribution in [0.3, 0.4) is 0 Å². The standard InChI is InChI=1S/C21H23N5O3S/c1-12(2)10-24-19(28)18-16(7-8-30-18)26-20(24)23-25(21(26)29)11-17(27)22-15-6-5-13(3)14(4)9-15/h5-9,12H,10-11H2,1-4H3,(H,22,27). The molecule has 30 heavy (non-hydrogen) atoms. The molecule has 0 spiro atoms. The fourth-order valence-electron chi connectivity index (χ4n) is 3.42. The van der Waals surface area contributed by atoms with E-state index in [9.17, 15) is 14.4 Å². The molecule has 9 heteroatoms. The van der Waals surface area contributed by atoms with Crippen molar-refractivity contribution in [1.82, 2.24) is 18.7 Å². The first-order valence-electron chi connectivity index (χ1n) is 9.73. The van der Waals surface area contributed by atoms with Gasteiger partial charge in [0.2, 0.25) is 11.7 Å². The minimum absolute atomic E-state index is 0.169. The van der Waals surface area contributed by atoms with Crippen molar-refractivity contribution in [2.75, 3.05) is 5.32 Å². The van der Waals surface area contributed by atoms with E-state index in [0.29, 0.717) is 22.4 Å². The van der Waals surface area contributed by atoms with Crippen LogP contribution in [0.4, 0.5) is 5.69 Å². The lowest BCUT2D eigenvalue weighted by atomic mass is 10.1. The number of amides is 1. The highest BCUT2D eigenvalue weighted by molar-refractivity contribution is 7.17. The first kappa shape index (κ1) is 20.1. The van der Waals surface area contributed by atoms with Crippen LogP contribution in [-0.2, 0) is 17.9 Å². The van der Waals surface area contributed by atoms with E-state index in [1.165, 1.54) is 20.3 Å². The maximum absolute atomic E-state index is 13.0. The Balaban J connectivity index is 1.75. The predicted octanol–water partition coefficient (Wildman–Crippen LogP) is 2.78. The van der Waals surface area contributed by atoms with Crippen LogP contribution in [0, 0.1) is 19.8 Å². The van der Waals surface area contributed by atoms with Crippen molar-refractivity contribution in [2.45, 2.75) is 40.8 Å². The van der Waals surface area contributed by atoms with Crippen LogP contribution in [-0.4, -0.2) is 24.7 Å². The van der Waals surface area contributed by atoms with Gasteiger partial charge in [-0.1, -0.05) is 19.9 Å². The molecule has 0 saturated heterocycles. The molecule has 0 atom stereocenters. The summed E-state index contributed by atoms with van der Waals surface area (Å²) < 4.78 is 4.55. The lowest BCUT2D eigenvalue weighted by Gasteiger charge is -2.09. The summed E-state index contributed by atoms with van der Waals surface area (Å²) in [6.45, 7) is 8.15. The Hall–Kier alpha value is -3.20. The summed E-state index contributed by atoms with van der Waals surface area (Å²) in [6, 6.07) is 7.37. The molecule has 4 aromatic rings. The molecule has 8 nitrogen and oxygen atoms in total. The summed E-state index contributed by atoms with van der Waals surface area (Å²) in [5.41, 5.74) is 2.77. The first-order chi connectivity index (χ1) is 14.3. The topological polar surface area (TPSA) is 90.4 Å². The highest BCUT2D eigenvalue weighted by Gasteiger charge is 2.20. The van der Waals surface area contributed by atoms with Gasteiger partial charge in [-0.3, -0.25) is 14.2 Å². The van der Waals surface area contributed by atoms with Crippen molar-refractivity contribution < 1.29 is 4.79 Å². The average Bonchev–Trinajstić information content (AvgIpc) is 3.27. The first-order valence-corrected chi connectivity index (χ1v) is 10.6. The number of rotatable bonds is 5. The Morgan fingerprint density at radius 2 is 1.93 bits per heavy atom. The zero-order valence-corrected chi connectivity index (χ0v) is 18.1. The normalized spacial score (nSPS) is 11.6. The van der Waals surface area contributed by atoms with Crippen molar-refractivity contribution >= 4 is 38.9 Å². The number of benzene rings is 1.